The van der Waals surface area contributed by atoms with Gasteiger partial charge in [0, 0.05) is 6.54 Å². The number of nitrogens with two attached hydrogens (primary N) is 1. The van der Waals surface area contributed by atoms with Gasteiger partial charge in [-0.2, -0.15) is 8.42 Å². The average Bonchev–Trinajstić information content (AvgIpc) is 1.30. The van der Waals surface area contributed by atoms with Crippen LogP contribution in [0.1, 0.15) is 0 Å². The topological polar surface area (TPSA) is 80.4 Å². The second-order valence-corrected chi connectivity index (χ2v) is 2.65. The maximum Gasteiger partial charge on any atom is 2.00 e. The largest absolute Gasteiger partial charge is 2.00 e. The van der Waals surface area contributed by atoms with E-state index in [1.54, 1.807) is 0 Å². The second kappa shape index (κ2) is 4.51. The van der Waals surface area contributed by atoms with Crippen LogP contribution in [0.4, 0.5) is 0 Å². The molecule has 0 saturated carbocycles. The Labute approximate surface area is 64.3 Å². The van der Waals surface area contributed by atoms with E-state index in [4.69, 9.17) is 10.3 Å². The molecule has 0 saturated heterocycles. The molecule has 0 radical (unpaired) electrons. The van der Waals surface area contributed by atoms with Gasteiger partial charge in [0.2, 0.25) is 0 Å². The summed E-state index contributed by atoms with van der Waals surface area (Å²) in [6, 6.07) is 0. The van der Waals surface area contributed by atoms with Crippen LogP contribution in [-0.2, 0) is 10.1 Å². The van der Waals surface area contributed by atoms with Crippen LogP contribution < -0.4 is 5.73 Å². The Bertz CT molecular complexity index is 130. The molecule has 0 aliphatic rings. The zero-order valence-electron chi connectivity index (χ0n) is 4.37. The standard InChI is InChI=1S/C2H7NO3S.Mg/c3-1-2-7(4,5)6;/h1-3H2,(H,4,5,6);/q;+2. The third-order valence-electron chi connectivity index (χ3n) is 0.376. The number of hydrogen-bond acceptors (Lipinski definition) is 3. The van der Waals surface area contributed by atoms with Gasteiger partial charge < -0.3 is 5.73 Å². The fourth-order valence-corrected chi connectivity index (χ4v) is 0.447. The van der Waals surface area contributed by atoms with Crippen LogP contribution in [0.2, 0.25) is 0 Å². The van der Waals surface area contributed by atoms with Crippen molar-refractivity contribution in [3.05, 3.63) is 0 Å². The molecule has 0 aromatic carbocycles. The van der Waals surface area contributed by atoms with Crippen molar-refractivity contribution in [1.29, 1.82) is 0 Å². The van der Waals surface area contributed by atoms with Gasteiger partial charge in [-0.1, -0.05) is 0 Å². The second-order valence-electron chi connectivity index (χ2n) is 1.07. The van der Waals surface area contributed by atoms with Crippen molar-refractivity contribution in [2.24, 2.45) is 5.73 Å². The first-order chi connectivity index (χ1) is 3.06. The van der Waals surface area contributed by atoms with Gasteiger partial charge in [0.15, 0.2) is 0 Å². The molecule has 3 N–H and O–H groups in total. The minimum atomic E-state index is -3.80. The summed E-state index contributed by atoms with van der Waals surface area (Å²) >= 11 is 0. The van der Waals surface area contributed by atoms with Gasteiger partial charge in [0.25, 0.3) is 10.1 Å². The van der Waals surface area contributed by atoms with Gasteiger partial charge >= 0.3 is 23.1 Å². The molecule has 0 fully saturated rings. The fraction of sp³-hybridized carbons (Fsp3) is 1.00. The summed E-state index contributed by atoms with van der Waals surface area (Å²) in [6.45, 7) is -0.0289. The van der Waals surface area contributed by atoms with E-state index in [9.17, 15) is 8.42 Å². The van der Waals surface area contributed by atoms with Gasteiger partial charge in [0.1, 0.15) is 0 Å². The van der Waals surface area contributed by atoms with E-state index in [0.717, 1.165) is 0 Å². The van der Waals surface area contributed by atoms with Crippen molar-refractivity contribution < 1.29 is 13.0 Å². The van der Waals surface area contributed by atoms with Crippen molar-refractivity contribution in [2.75, 3.05) is 12.3 Å². The Morgan fingerprint density at radius 1 is 1.50 bits per heavy atom. The molecule has 0 bridgehead atoms. The minimum Gasteiger partial charge on any atom is -0.329 e. The SMILES string of the molecule is NCCS(=O)(=O)O.[Mg+2]. The zero-order chi connectivity index (χ0) is 5.91. The third-order valence-corrected chi connectivity index (χ3v) is 1.13. The first-order valence-electron chi connectivity index (χ1n) is 1.71. The summed E-state index contributed by atoms with van der Waals surface area (Å²) in [6.07, 6.45) is 0. The van der Waals surface area contributed by atoms with Gasteiger partial charge in [-0.25, -0.2) is 0 Å². The van der Waals surface area contributed by atoms with Gasteiger partial charge in [-0.15, -0.1) is 0 Å². The first kappa shape index (κ1) is 11.4. The monoisotopic (exact) mass is 149 g/mol. The quantitative estimate of drug-likeness (QED) is 0.368. The summed E-state index contributed by atoms with van der Waals surface area (Å²) in [4.78, 5) is 0. The molecule has 0 heterocycles. The molecule has 0 aromatic rings. The van der Waals surface area contributed by atoms with Crippen molar-refractivity contribution in [3.63, 3.8) is 0 Å². The Morgan fingerprint density at radius 3 is 1.88 bits per heavy atom. The van der Waals surface area contributed by atoms with E-state index in [1.165, 1.54) is 0 Å². The molecule has 44 valence electrons. The van der Waals surface area contributed by atoms with Gasteiger partial charge in [0.05, 0.1) is 5.75 Å². The molecular formula is C2H7MgNO3S+2. The summed E-state index contributed by atoms with van der Waals surface area (Å²) in [5.74, 6) is -0.354. The molecule has 0 unspecified atom stereocenters. The maximum absolute atomic E-state index is 9.71. The molecule has 0 aliphatic carbocycles. The van der Waals surface area contributed by atoms with Crippen LogP contribution in [0, 0.1) is 0 Å². The summed E-state index contributed by atoms with van der Waals surface area (Å²) in [5, 5.41) is 0. The van der Waals surface area contributed by atoms with Crippen molar-refractivity contribution in [2.45, 2.75) is 0 Å². The molecule has 6 heteroatoms. The molecule has 0 amide bonds. The molecule has 0 aromatic heterocycles. The Hall–Kier alpha value is 0.636. The van der Waals surface area contributed by atoms with Crippen LogP contribution in [0.3, 0.4) is 0 Å². The van der Waals surface area contributed by atoms with Crippen molar-refractivity contribution >= 4 is 33.2 Å². The van der Waals surface area contributed by atoms with Crippen LogP contribution in [0.5, 0.6) is 0 Å². The Balaban J connectivity index is 0. The zero-order valence-corrected chi connectivity index (χ0v) is 6.60. The van der Waals surface area contributed by atoms with Gasteiger partial charge in [-0.05, 0) is 0 Å². The number of hydrogen-bond donors (Lipinski definition) is 2. The van der Waals surface area contributed by atoms with Crippen molar-refractivity contribution in [1.82, 2.24) is 0 Å². The third kappa shape index (κ3) is 9.81. The molecule has 4 nitrogen and oxygen atoms in total. The molecule has 0 atom stereocenters. The summed E-state index contributed by atoms with van der Waals surface area (Å²) in [5.41, 5.74) is 4.78. The molecular weight excluding hydrogens is 142 g/mol. The fourth-order valence-electron chi connectivity index (χ4n) is 0.149. The van der Waals surface area contributed by atoms with E-state index in [2.05, 4.69) is 0 Å². The minimum absolute atomic E-state index is 0. The van der Waals surface area contributed by atoms with E-state index in [-0.39, 0.29) is 35.4 Å². The Morgan fingerprint density at radius 2 is 1.88 bits per heavy atom. The van der Waals surface area contributed by atoms with Crippen LogP contribution >= 0.6 is 0 Å². The smallest absolute Gasteiger partial charge is 0.329 e. The summed E-state index contributed by atoms with van der Waals surface area (Å²) in [7, 11) is -3.80. The molecule has 0 rings (SSSR count). The van der Waals surface area contributed by atoms with E-state index in [1.807, 2.05) is 0 Å². The molecule has 8 heavy (non-hydrogen) atoms. The van der Waals surface area contributed by atoms with Crippen molar-refractivity contribution in [3.8, 4) is 0 Å². The van der Waals surface area contributed by atoms with Crippen LogP contribution in [0.25, 0.3) is 0 Å². The van der Waals surface area contributed by atoms with Gasteiger partial charge in [-0.3, -0.25) is 4.55 Å². The predicted molar refractivity (Wildman–Crippen MR) is 31.2 cm³/mol. The van der Waals surface area contributed by atoms with Crippen LogP contribution in [-0.4, -0.2) is 48.3 Å². The summed E-state index contributed by atoms with van der Waals surface area (Å²) < 4.78 is 27.3. The van der Waals surface area contributed by atoms with Crippen LogP contribution in [0.15, 0.2) is 0 Å². The van der Waals surface area contributed by atoms with E-state index < -0.39 is 10.1 Å². The predicted octanol–water partition coefficient (Wildman–Crippen LogP) is -1.55. The maximum atomic E-state index is 9.71. The van der Waals surface area contributed by atoms with E-state index in [0.29, 0.717) is 0 Å². The first-order valence-corrected chi connectivity index (χ1v) is 3.32. The average molecular weight is 149 g/mol. The Kier molecular flexibility index (Phi) is 6.45. The number of rotatable bonds is 2. The normalized spacial score (nSPS) is 10.2. The molecule has 0 aliphatic heterocycles. The van der Waals surface area contributed by atoms with E-state index >= 15 is 0 Å². The molecule has 0 spiro atoms.